The molecule has 0 unspecified atom stereocenters. The smallest absolute Gasteiger partial charge is 0.254 e. The molecule has 116 valence electrons. The SMILES string of the molecule is C[C@@H](NC(=O)c1ccccc1F)c1ccc(C(C)(C)C)cc1. The zero-order valence-corrected chi connectivity index (χ0v) is 13.5. The maximum absolute atomic E-state index is 13.6. The number of hydrogen-bond acceptors (Lipinski definition) is 1. The Labute approximate surface area is 131 Å². The van der Waals surface area contributed by atoms with Crippen LogP contribution in [0.2, 0.25) is 0 Å². The fourth-order valence-corrected chi connectivity index (χ4v) is 2.27. The van der Waals surface area contributed by atoms with E-state index in [9.17, 15) is 9.18 Å². The molecule has 0 saturated carbocycles. The third-order valence-electron chi connectivity index (χ3n) is 3.74. The lowest BCUT2D eigenvalue weighted by molar-refractivity contribution is 0.0936. The summed E-state index contributed by atoms with van der Waals surface area (Å²) in [7, 11) is 0. The summed E-state index contributed by atoms with van der Waals surface area (Å²) in [5.74, 6) is -0.902. The minimum atomic E-state index is -0.504. The van der Waals surface area contributed by atoms with E-state index in [4.69, 9.17) is 0 Å². The Morgan fingerprint density at radius 1 is 1.05 bits per heavy atom. The van der Waals surface area contributed by atoms with Crippen LogP contribution < -0.4 is 5.32 Å². The lowest BCUT2D eigenvalue weighted by atomic mass is 9.86. The van der Waals surface area contributed by atoms with E-state index in [1.807, 2.05) is 19.1 Å². The maximum atomic E-state index is 13.6. The van der Waals surface area contributed by atoms with Gasteiger partial charge in [-0.2, -0.15) is 0 Å². The van der Waals surface area contributed by atoms with E-state index in [-0.39, 0.29) is 17.0 Å². The molecule has 0 aliphatic heterocycles. The van der Waals surface area contributed by atoms with Gasteiger partial charge < -0.3 is 5.32 Å². The molecule has 0 saturated heterocycles. The molecule has 0 fully saturated rings. The number of carbonyl (C=O) groups excluding carboxylic acids is 1. The Balaban J connectivity index is 2.11. The molecule has 0 aromatic heterocycles. The Kier molecular flexibility index (Phi) is 4.65. The average molecular weight is 299 g/mol. The van der Waals surface area contributed by atoms with Gasteiger partial charge in [0.1, 0.15) is 5.82 Å². The highest BCUT2D eigenvalue weighted by atomic mass is 19.1. The highest BCUT2D eigenvalue weighted by Gasteiger charge is 2.16. The molecule has 1 atom stereocenters. The van der Waals surface area contributed by atoms with E-state index in [0.717, 1.165) is 5.56 Å². The predicted molar refractivity (Wildman–Crippen MR) is 87.4 cm³/mol. The van der Waals surface area contributed by atoms with Crippen molar-refractivity contribution >= 4 is 5.91 Å². The van der Waals surface area contributed by atoms with Crippen molar-refractivity contribution in [3.8, 4) is 0 Å². The van der Waals surface area contributed by atoms with Crippen LogP contribution in [0.5, 0.6) is 0 Å². The van der Waals surface area contributed by atoms with Crippen molar-refractivity contribution in [2.24, 2.45) is 0 Å². The standard InChI is InChI=1S/C19H22FNO/c1-13(14-9-11-15(12-10-14)19(2,3)4)21-18(22)16-7-5-6-8-17(16)20/h5-13H,1-4H3,(H,21,22)/t13-/m1/s1. The van der Waals surface area contributed by atoms with E-state index in [1.165, 1.54) is 17.7 Å². The van der Waals surface area contributed by atoms with Gasteiger partial charge in [-0.15, -0.1) is 0 Å². The van der Waals surface area contributed by atoms with Gasteiger partial charge in [0.25, 0.3) is 5.91 Å². The fraction of sp³-hybridized carbons (Fsp3) is 0.316. The summed E-state index contributed by atoms with van der Waals surface area (Å²) in [6, 6.07) is 14.0. The molecule has 0 bridgehead atoms. The molecule has 0 aliphatic carbocycles. The monoisotopic (exact) mass is 299 g/mol. The van der Waals surface area contributed by atoms with Crippen molar-refractivity contribution in [1.82, 2.24) is 5.32 Å². The Morgan fingerprint density at radius 2 is 1.64 bits per heavy atom. The second-order valence-electron chi connectivity index (χ2n) is 6.55. The number of carbonyl (C=O) groups is 1. The third kappa shape index (κ3) is 3.73. The summed E-state index contributed by atoms with van der Waals surface area (Å²) in [6.45, 7) is 8.37. The van der Waals surface area contributed by atoms with E-state index in [0.29, 0.717) is 0 Å². The lowest BCUT2D eigenvalue weighted by Gasteiger charge is -2.20. The maximum Gasteiger partial charge on any atom is 0.254 e. The molecule has 2 aromatic rings. The first-order chi connectivity index (χ1) is 10.3. The molecule has 0 spiro atoms. The van der Waals surface area contributed by atoms with Gasteiger partial charge >= 0.3 is 0 Å². The van der Waals surface area contributed by atoms with E-state index in [2.05, 4.69) is 38.2 Å². The Hall–Kier alpha value is -2.16. The van der Waals surface area contributed by atoms with Crippen LogP contribution in [0.4, 0.5) is 4.39 Å². The van der Waals surface area contributed by atoms with Crippen LogP contribution in [0, 0.1) is 5.82 Å². The molecular weight excluding hydrogens is 277 g/mol. The molecule has 2 rings (SSSR count). The van der Waals surface area contributed by atoms with Crippen LogP contribution in [0.3, 0.4) is 0 Å². The number of rotatable bonds is 3. The van der Waals surface area contributed by atoms with Crippen LogP contribution in [-0.2, 0) is 5.41 Å². The quantitative estimate of drug-likeness (QED) is 0.880. The van der Waals surface area contributed by atoms with Crippen molar-refractivity contribution in [3.63, 3.8) is 0 Å². The van der Waals surface area contributed by atoms with Gasteiger partial charge in [0.05, 0.1) is 11.6 Å². The molecule has 2 nitrogen and oxygen atoms in total. The second-order valence-corrected chi connectivity index (χ2v) is 6.55. The van der Waals surface area contributed by atoms with Crippen molar-refractivity contribution < 1.29 is 9.18 Å². The van der Waals surface area contributed by atoms with Crippen molar-refractivity contribution in [3.05, 3.63) is 71.0 Å². The second kappa shape index (κ2) is 6.30. The molecule has 2 aromatic carbocycles. The highest BCUT2D eigenvalue weighted by molar-refractivity contribution is 5.94. The molecule has 3 heteroatoms. The van der Waals surface area contributed by atoms with Crippen LogP contribution in [0.25, 0.3) is 0 Å². The number of halogens is 1. The minimum absolute atomic E-state index is 0.0701. The van der Waals surface area contributed by atoms with Crippen LogP contribution in [0.1, 0.15) is 55.2 Å². The Bertz CT molecular complexity index is 656. The van der Waals surface area contributed by atoms with Crippen LogP contribution >= 0.6 is 0 Å². The minimum Gasteiger partial charge on any atom is -0.345 e. The third-order valence-corrected chi connectivity index (χ3v) is 3.74. The van der Waals surface area contributed by atoms with Crippen LogP contribution in [0.15, 0.2) is 48.5 Å². The number of hydrogen-bond donors (Lipinski definition) is 1. The summed E-state index contributed by atoms with van der Waals surface area (Å²) in [6.07, 6.45) is 0. The molecule has 0 heterocycles. The summed E-state index contributed by atoms with van der Waals surface area (Å²) >= 11 is 0. The molecule has 1 amide bonds. The highest BCUT2D eigenvalue weighted by Crippen LogP contribution is 2.24. The first kappa shape index (κ1) is 16.2. The van der Waals surface area contributed by atoms with Gasteiger partial charge in [0.15, 0.2) is 0 Å². The van der Waals surface area contributed by atoms with Crippen molar-refractivity contribution in [1.29, 1.82) is 0 Å². The van der Waals surface area contributed by atoms with Gasteiger partial charge in [-0.1, -0.05) is 57.2 Å². The summed E-state index contributed by atoms with van der Waals surface area (Å²) in [4.78, 5) is 12.1. The van der Waals surface area contributed by atoms with Gasteiger partial charge in [-0.3, -0.25) is 4.79 Å². The topological polar surface area (TPSA) is 29.1 Å². The molecule has 0 radical (unpaired) electrons. The van der Waals surface area contributed by atoms with Crippen LogP contribution in [-0.4, -0.2) is 5.91 Å². The number of amides is 1. The van der Waals surface area contributed by atoms with Gasteiger partial charge in [-0.05, 0) is 35.6 Å². The van der Waals surface area contributed by atoms with Gasteiger partial charge in [0.2, 0.25) is 0 Å². The van der Waals surface area contributed by atoms with Gasteiger partial charge in [-0.25, -0.2) is 4.39 Å². The van der Waals surface area contributed by atoms with Crippen molar-refractivity contribution in [2.45, 2.75) is 39.2 Å². The largest absolute Gasteiger partial charge is 0.345 e. The van der Waals surface area contributed by atoms with E-state index < -0.39 is 11.7 Å². The molecule has 0 aliphatic rings. The summed E-state index contributed by atoms with van der Waals surface area (Å²) < 4.78 is 13.6. The number of nitrogens with one attached hydrogen (secondary N) is 1. The Morgan fingerprint density at radius 3 is 2.18 bits per heavy atom. The average Bonchev–Trinajstić information content (AvgIpc) is 2.46. The number of benzene rings is 2. The van der Waals surface area contributed by atoms with E-state index in [1.54, 1.807) is 12.1 Å². The van der Waals surface area contributed by atoms with Gasteiger partial charge in [0, 0.05) is 0 Å². The lowest BCUT2D eigenvalue weighted by Crippen LogP contribution is -2.27. The summed E-state index contributed by atoms with van der Waals surface area (Å²) in [5.41, 5.74) is 2.40. The fourth-order valence-electron chi connectivity index (χ4n) is 2.27. The zero-order valence-electron chi connectivity index (χ0n) is 13.5. The van der Waals surface area contributed by atoms with E-state index >= 15 is 0 Å². The first-order valence-electron chi connectivity index (χ1n) is 7.45. The predicted octanol–water partition coefficient (Wildman–Crippen LogP) is 4.61. The zero-order chi connectivity index (χ0) is 16.3. The molecule has 1 N–H and O–H groups in total. The molecular formula is C19H22FNO. The summed E-state index contributed by atoms with van der Waals surface area (Å²) in [5, 5.41) is 2.83. The van der Waals surface area contributed by atoms with Crippen molar-refractivity contribution in [2.75, 3.05) is 0 Å². The normalized spacial score (nSPS) is 12.8. The molecule has 22 heavy (non-hydrogen) atoms. The first-order valence-corrected chi connectivity index (χ1v) is 7.45.